The number of hydrogen-bond donors (Lipinski definition) is 1. The molecule has 0 spiro atoms. The summed E-state index contributed by atoms with van der Waals surface area (Å²) < 4.78 is 48.4. The van der Waals surface area contributed by atoms with Gasteiger partial charge in [-0.25, -0.2) is 12.8 Å². The highest BCUT2D eigenvalue weighted by atomic mass is 35.5. The summed E-state index contributed by atoms with van der Waals surface area (Å²) in [6.07, 6.45) is 0.170. The van der Waals surface area contributed by atoms with Crippen LogP contribution >= 0.6 is 11.6 Å². The number of rotatable bonds is 13. The minimum absolute atomic E-state index is 0.00817. The molecular formula is C34H35ClFN3O5S. The average molecular weight is 652 g/mol. The normalized spacial score (nSPS) is 12.0. The summed E-state index contributed by atoms with van der Waals surface area (Å²) in [4.78, 5) is 29.5. The van der Waals surface area contributed by atoms with Gasteiger partial charge < -0.3 is 15.0 Å². The lowest BCUT2D eigenvalue weighted by Gasteiger charge is -2.34. The molecular weight excluding hydrogens is 617 g/mol. The molecule has 0 saturated heterocycles. The second kappa shape index (κ2) is 15.0. The molecule has 0 heterocycles. The summed E-state index contributed by atoms with van der Waals surface area (Å²) in [7, 11) is -2.81. The molecule has 4 aromatic carbocycles. The Morgan fingerprint density at radius 2 is 1.53 bits per heavy atom. The zero-order valence-corrected chi connectivity index (χ0v) is 26.8. The summed E-state index contributed by atoms with van der Waals surface area (Å²) in [5, 5.41) is 2.61. The van der Waals surface area contributed by atoms with Crippen molar-refractivity contribution >= 4 is 39.1 Å². The first kappa shape index (κ1) is 33.5. The van der Waals surface area contributed by atoms with Crippen LogP contribution in [-0.2, 0) is 32.6 Å². The number of halogens is 2. The van der Waals surface area contributed by atoms with E-state index in [1.807, 2.05) is 44.2 Å². The van der Waals surface area contributed by atoms with E-state index in [1.54, 1.807) is 42.5 Å². The topological polar surface area (TPSA) is 96.0 Å². The van der Waals surface area contributed by atoms with Crippen molar-refractivity contribution in [2.24, 2.45) is 0 Å². The fourth-order valence-electron chi connectivity index (χ4n) is 4.79. The van der Waals surface area contributed by atoms with Crippen LogP contribution in [0.5, 0.6) is 5.75 Å². The first-order valence-corrected chi connectivity index (χ1v) is 16.1. The Kier molecular flexibility index (Phi) is 11.2. The minimum atomic E-state index is -4.34. The van der Waals surface area contributed by atoms with E-state index in [2.05, 4.69) is 5.32 Å². The highest BCUT2D eigenvalue weighted by Crippen LogP contribution is 2.29. The molecule has 8 nitrogen and oxygen atoms in total. The van der Waals surface area contributed by atoms with E-state index in [0.29, 0.717) is 11.3 Å². The molecule has 0 aromatic heterocycles. The van der Waals surface area contributed by atoms with Gasteiger partial charge in [0.1, 0.15) is 24.2 Å². The number of carbonyl (C=O) groups is 2. The fraction of sp³-hybridized carbons (Fsp3) is 0.235. The van der Waals surface area contributed by atoms with Gasteiger partial charge in [0.2, 0.25) is 11.8 Å². The molecule has 1 unspecified atom stereocenters. The summed E-state index contributed by atoms with van der Waals surface area (Å²) in [6.45, 7) is 2.92. The third-order valence-corrected chi connectivity index (χ3v) is 9.07. The molecule has 1 atom stereocenters. The smallest absolute Gasteiger partial charge is 0.264 e. The first-order chi connectivity index (χ1) is 21.5. The number of amides is 2. The predicted octanol–water partition coefficient (Wildman–Crippen LogP) is 5.85. The molecule has 0 aliphatic carbocycles. The van der Waals surface area contributed by atoms with Crippen LogP contribution in [0.3, 0.4) is 0 Å². The Bertz CT molecular complexity index is 1720. The van der Waals surface area contributed by atoms with Crippen molar-refractivity contribution in [3.63, 3.8) is 0 Å². The number of sulfonamides is 1. The standard InChI is InChI=1S/C34H35ClFN3O5S/c1-24(2)37-34(41)32(20-25-11-6-4-7-12-25)38(22-26-13-10-14-28(19-26)44-3)33(40)23-39(27-17-18-31(36)30(35)21-27)45(42,43)29-15-8-5-9-16-29/h4-19,21,24,32H,20,22-23H2,1-3H3,(H,37,41). The van der Waals surface area contributed by atoms with Gasteiger partial charge in [0.05, 0.1) is 22.7 Å². The van der Waals surface area contributed by atoms with Crippen LogP contribution in [0.4, 0.5) is 10.1 Å². The summed E-state index contributed by atoms with van der Waals surface area (Å²) in [6, 6.07) is 26.1. The number of methoxy groups -OCH3 is 1. The molecule has 4 aromatic rings. The van der Waals surface area contributed by atoms with Gasteiger partial charge in [0, 0.05) is 19.0 Å². The second-order valence-electron chi connectivity index (χ2n) is 10.7. The van der Waals surface area contributed by atoms with Crippen LogP contribution in [-0.4, -0.2) is 50.9 Å². The van der Waals surface area contributed by atoms with Gasteiger partial charge in [-0.2, -0.15) is 0 Å². The third kappa shape index (κ3) is 8.61. The van der Waals surface area contributed by atoms with Crippen molar-refractivity contribution in [1.82, 2.24) is 10.2 Å². The van der Waals surface area contributed by atoms with Crippen molar-refractivity contribution in [1.29, 1.82) is 0 Å². The Morgan fingerprint density at radius 3 is 2.16 bits per heavy atom. The van der Waals surface area contributed by atoms with Crippen molar-refractivity contribution in [2.75, 3.05) is 18.0 Å². The van der Waals surface area contributed by atoms with Crippen molar-refractivity contribution in [2.45, 2.75) is 43.8 Å². The van der Waals surface area contributed by atoms with Gasteiger partial charge in [0.15, 0.2) is 0 Å². The minimum Gasteiger partial charge on any atom is -0.497 e. The van der Waals surface area contributed by atoms with E-state index < -0.39 is 40.2 Å². The SMILES string of the molecule is COc1cccc(CN(C(=O)CN(c2ccc(F)c(Cl)c2)S(=O)(=O)c2ccccc2)C(Cc2ccccc2)C(=O)NC(C)C)c1. The lowest BCUT2D eigenvalue weighted by atomic mass is 10.0. The largest absolute Gasteiger partial charge is 0.497 e. The number of hydrogen-bond acceptors (Lipinski definition) is 5. The molecule has 4 rings (SSSR count). The molecule has 2 amide bonds. The van der Waals surface area contributed by atoms with E-state index in [9.17, 15) is 22.4 Å². The van der Waals surface area contributed by atoms with Crippen LogP contribution in [0.15, 0.2) is 108 Å². The van der Waals surface area contributed by atoms with Gasteiger partial charge in [-0.05, 0) is 67.4 Å². The van der Waals surface area contributed by atoms with Crippen molar-refractivity contribution < 1.29 is 27.1 Å². The molecule has 11 heteroatoms. The van der Waals surface area contributed by atoms with E-state index in [1.165, 1.54) is 30.2 Å². The Balaban J connectivity index is 1.82. The highest BCUT2D eigenvalue weighted by Gasteiger charge is 2.35. The summed E-state index contributed by atoms with van der Waals surface area (Å²) in [5.74, 6) is -1.23. The summed E-state index contributed by atoms with van der Waals surface area (Å²) in [5.41, 5.74) is 1.47. The van der Waals surface area contributed by atoms with Crippen molar-refractivity contribution in [3.8, 4) is 5.75 Å². The molecule has 1 N–H and O–H groups in total. The molecule has 0 radical (unpaired) electrons. The van der Waals surface area contributed by atoms with Crippen LogP contribution in [0, 0.1) is 5.82 Å². The van der Waals surface area contributed by atoms with Crippen LogP contribution in [0.1, 0.15) is 25.0 Å². The number of carbonyl (C=O) groups excluding carboxylic acids is 2. The van der Waals surface area contributed by atoms with E-state index in [-0.39, 0.29) is 34.6 Å². The Morgan fingerprint density at radius 1 is 0.889 bits per heavy atom. The van der Waals surface area contributed by atoms with Crippen LogP contribution in [0.2, 0.25) is 5.02 Å². The summed E-state index contributed by atoms with van der Waals surface area (Å²) >= 11 is 6.06. The molecule has 0 aliphatic rings. The molecule has 0 fully saturated rings. The van der Waals surface area contributed by atoms with Gasteiger partial charge in [-0.3, -0.25) is 13.9 Å². The van der Waals surface area contributed by atoms with Crippen LogP contribution in [0.25, 0.3) is 0 Å². The Hall–Kier alpha value is -4.41. The molecule has 0 saturated carbocycles. The van der Waals surface area contributed by atoms with Gasteiger partial charge in [-0.1, -0.05) is 72.3 Å². The number of ether oxygens (including phenoxy) is 1. The van der Waals surface area contributed by atoms with Gasteiger partial charge >= 0.3 is 0 Å². The van der Waals surface area contributed by atoms with Crippen LogP contribution < -0.4 is 14.4 Å². The quantitative estimate of drug-likeness (QED) is 0.196. The number of nitrogens with zero attached hydrogens (tertiary/aromatic N) is 2. The number of anilines is 1. The Labute approximate surface area is 268 Å². The molecule has 45 heavy (non-hydrogen) atoms. The monoisotopic (exact) mass is 651 g/mol. The van der Waals surface area contributed by atoms with Gasteiger partial charge in [0.25, 0.3) is 10.0 Å². The second-order valence-corrected chi connectivity index (χ2v) is 12.9. The molecule has 236 valence electrons. The maximum Gasteiger partial charge on any atom is 0.264 e. The lowest BCUT2D eigenvalue weighted by molar-refractivity contribution is -0.140. The third-order valence-electron chi connectivity index (χ3n) is 6.99. The maximum atomic E-state index is 14.4. The zero-order valence-electron chi connectivity index (χ0n) is 25.2. The predicted molar refractivity (Wildman–Crippen MR) is 173 cm³/mol. The average Bonchev–Trinajstić information content (AvgIpc) is 3.03. The number of benzene rings is 4. The van der Waals surface area contributed by atoms with E-state index >= 15 is 0 Å². The fourth-order valence-corrected chi connectivity index (χ4v) is 6.39. The first-order valence-electron chi connectivity index (χ1n) is 14.3. The molecule has 0 aliphatic heterocycles. The molecule has 0 bridgehead atoms. The van der Waals surface area contributed by atoms with E-state index in [0.717, 1.165) is 22.0 Å². The van der Waals surface area contributed by atoms with Gasteiger partial charge in [-0.15, -0.1) is 0 Å². The van der Waals surface area contributed by atoms with Crippen molar-refractivity contribution in [3.05, 3.63) is 125 Å². The highest BCUT2D eigenvalue weighted by molar-refractivity contribution is 7.92. The van der Waals surface area contributed by atoms with E-state index in [4.69, 9.17) is 16.3 Å². The lowest BCUT2D eigenvalue weighted by Crippen LogP contribution is -2.54. The maximum absolute atomic E-state index is 14.4. The zero-order chi connectivity index (χ0) is 32.6. The number of nitrogens with one attached hydrogen (secondary N) is 1.